The molecule has 0 aromatic heterocycles. The summed E-state index contributed by atoms with van der Waals surface area (Å²) in [5.74, 6) is -2.43. The van der Waals surface area contributed by atoms with Crippen molar-refractivity contribution in [2.45, 2.75) is 13.8 Å². The molecule has 0 fully saturated rings. The zero-order valence-electron chi connectivity index (χ0n) is 13.2. The molecule has 0 heterocycles. The topological polar surface area (TPSA) is 67.4 Å². The van der Waals surface area contributed by atoms with E-state index in [1.807, 2.05) is 0 Å². The molecule has 2 amide bonds. The number of ether oxygens (including phenoxy) is 1. The smallest absolute Gasteiger partial charge is 0.411 e. The number of carbonyl (C=O) groups is 2. The molecule has 2 aromatic rings. The number of rotatable bonds is 4. The molecule has 2 rings (SSSR count). The fourth-order valence-corrected chi connectivity index (χ4v) is 2.05. The van der Waals surface area contributed by atoms with Crippen LogP contribution in [0.2, 0.25) is 0 Å². The Kier molecular flexibility index (Phi) is 5.47. The largest absolute Gasteiger partial charge is 0.450 e. The number of hydrogen-bond acceptors (Lipinski definition) is 3. The first-order valence-electron chi connectivity index (χ1n) is 7.22. The van der Waals surface area contributed by atoms with Gasteiger partial charge in [0.15, 0.2) is 0 Å². The molecule has 7 heteroatoms. The first-order valence-corrected chi connectivity index (χ1v) is 7.22. The lowest BCUT2D eigenvalue weighted by Gasteiger charge is -2.13. The van der Waals surface area contributed by atoms with Crippen LogP contribution in [0.4, 0.5) is 25.0 Å². The lowest BCUT2D eigenvalue weighted by Crippen LogP contribution is -2.17. The van der Waals surface area contributed by atoms with Crippen molar-refractivity contribution in [1.29, 1.82) is 0 Å². The summed E-state index contributed by atoms with van der Waals surface area (Å²) >= 11 is 0. The van der Waals surface area contributed by atoms with Crippen LogP contribution < -0.4 is 10.6 Å². The number of halogens is 2. The lowest BCUT2D eigenvalue weighted by molar-refractivity contribution is 0.102. The molecule has 0 spiro atoms. The van der Waals surface area contributed by atoms with Gasteiger partial charge >= 0.3 is 6.09 Å². The van der Waals surface area contributed by atoms with Crippen LogP contribution >= 0.6 is 0 Å². The number of carbonyl (C=O) groups excluding carboxylic acids is 2. The van der Waals surface area contributed by atoms with Gasteiger partial charge in [-0.2, -0.15) is 0 Å². The predicted molar refractivity (Wildman–Crippen MR) is 86.1 cm³/mol. The van der Waals surface area contributed by atoms with Crippen LogP contribution in [0.25, 0.3) is 0 Å². The van der Waals surface area contributed by atoms with Crippen molar-refractivity contribution < 1.29 is 23.1 Å². The number of amides is 2. The minimum absolute atomic E-state index is 0.227. The highest BCUT2D eigenvalue weighted by molar-refractivity contribution is 6.05. The molecule has 0 aliphatic carbocycles. The number of anilines is 2. The maximum atomic E-state index is 13.7. The van der Waals surface area contributed by atoms with E-state index in [0.717, 1.165) is 12.1 Å². The quantitative estimate of drug-likeness (QED) is 0.885. The Hall–Kier alpha value is -2.96. The van der Waals surface area contributed by atoms with Crippen LogP contribution in [0, 0.1) is 18.6 Å². The van der Waals surface area contributed by atoms with Gasteiger partial charge in [-0.15, -0.1) is 0 Å². The maximum absolute atomic E-state index is 13.7. The van der Waals surface area contributed by atoms with E-state index < -0.39 is 23.6 Å². The lowest BCUT2D eigenvalue weighted by atomic mass is 10.1. The van der Waals surface area contributed by atoms with Crippen LogP contribution in [0.3, 0.4) is 0 Å². The molecule has 24 heavy (non-hydrogen) atoms. The molecule has 0 aliphatic heterocycles. The van der Waals surface area contributed by atoms with E-state index >= 15 is 0 Å². The average molecular weight is 334 g/mol. The molecule has 0 aliphatic rings. The molecule has 0 atom stereocenters. The Labute approximate surface area is 137 Å². The Morgan fingerprint density at radius 1 is 1.08 bits per heavy atom. The highest BCUT2D eigenvalue weighted by Crippen LogP contribution is 2.24. The van der Waals surface area contributed by atoms with Gasteiger partial charge in [0.05, 0.1) is 12.2 Å². The Morgan fingerprint density at radius 2 is 1.75 bits per heavy atom. The summed E-state index contributed by atoms with van der Waals surface area (Å²) in [6, 6.07) is 7.57. The molecule has 0 bridgehead atoms. The zero-order valence-corrected chi connectivity index (χ0v) is 13.2. The van der Waals surface area contributed by atoms with Gasteiger partial charge in [-0.05, 0) is 43.7 Å². The zero-order chi connectivity index (χ0) is 17.7. The fourth-order valence-electron chi connectivity index (χ4n) is 2.05. The summed E-state index contributed by atoms with van der Waals surface area (Å²) in [6.45, 7) is 3.59. The highest BCUT2D eigenvalue weighted by atomic mass is 19.1. The first kappa shape index (κ1) is 17.4. The summed E-state index contributed by atoms with van der Waals surface area (Å²) < 4.78 is 31.4. The van der Waals surface area contributed by atoms with Gasteiger partial charge in [-0.25, -0.2) is 13.6 Å². The third kappa shape index (κ3) is 4.07. The second-order valence-electron chi connectivity index (χ2n) is 4.90. The number of benzene rings is 2. The Bertz CT molecular complexity index is 778. The molecule has 2 N–H and O–H groups in total. The Balaban J connectivity index is 2.20. The second kappa shape index (κ2) is 7.54. The van der Waals surface area contributed by atoms with E-state index in [0.29, 0.717) is 23.0 Å². The van der Waals surface area contributed by atoms with Gasteiger partial charge in [0.2, 0.25) is 0 Å². The van der Waals surface area contributed by atoms with Crippen molar-refractivity contribution in [1.82, 2.24) is 0 Å². The van der Waals surface area contributed by atoms with Crippen LogP contribution in [0.1, 0.15) is 22.8 Å². The van der Waals surface area contributed by atoms with Gasteiger partial charge in [0.1, 0.15) is 11.6 Å². The molecule has 5 nitrogen and oxygen atoms in total. The monoisotopic (exact) mass is 334 g/mol. The summed E-state index contributed by atoms with van der Waals surface area (Å²) in [5, 5.41) is 5.09. The molecule has 126 valence electrons. The third-order valence-electron chi connectivity index (χ3n) is 3.27. The van der Waals surface area contributed by atoms with E-state index in [2.05, 4.69) is 10.6 Å². The van der Waals surface area contributed by atoms with Gasteiger partial charge in [-0.1, -0.05) is 6.07 Å². The standard InChI is InChI=1S/C17H16F2N2O3/c1-3-24-17(23)21-15-6-4-5-14(10(15)2)20-16(22)12-8-7-11(18)9-13(12)19/h4-9H,3H2,1-2H3,(H,20,22)(H,21,23). The van der Waals surface area contributed by atoms with Crippen LogP contribution in [0.15, 0.2) is 36.4 Å². The average Bonchev–Trinajstić information content (AvgIpc) is 2.51. The molecule has 0 unspecified atom stereocenters. The van der Waals surface area contributed by atoms with Crippen molar-refractivity contribution in [3.8, 4) is 0 Å². The highest BCUT2D eigenvalue weighted by Gasteiger charge is 2.15. The van der Waals surface area contributed by atoms with Crippen molar-refractivity contribution in [3.63, 3.8) is 0 Å². The first-order chi connectivity index (χ1) is 11.4. The minimum atomic E-state index is -0.953. The van der Waals surface area contributed by atoms with Crippen LogP contribution in [-0.2, 0) is 4.74 Å². The summed E-state index contributed by atoms with van der Waals surface area (Å²) in [7, 11) is 0. The SMILES string of the molecule is CCOC(=O)Nc1cccc(NC(=O)c2ccc(F)cc2F)c1C. The molecular formula is C17H16F2N2O3. The molecule has 0 saturated heterocycles. The van der Waals surface area contributed by atoms with Gasteiger partial charge in [0, 0.05) is 17.4 Å². The fraction of sp³-hybridized carbons (Fsp3) is 0.176. The van der Waals surface area contributed by atoms with E-state index in [9.17, 15) is 18.4 Å². The minimum Gasteiger partial charge on any atom is -0.450 e. The normalized spacial score (nSPS) is 10.2. The van der Waals surface area contributed by atoms with Crippen LogP contribution in [0.5, 0.6) is 0 Å². The second-order valence-corrected chi connectivity index (χ2v) is 4.90. The van der Waals surface area contributed by atoms with E-state index in [1.54, 1.807) is 32.0 Å². The van der Waals surface area contributed by atoms with Crippen LogP contribution in [-0.4, -0.2) is 18.6 Å². The predicted octanol–water partition coefficient (Wildman–Crippen LogP) is 4.09. The summed E-state index contributed by atoms with van der Waals surface area (Å²) in [5.41, 5.74) is 1.13. The van der Waals surface area contributed by atoms with Crippen molar-refractivity contribution in [2.75, 3.05) is 17.2 Å². The summed E-state index contributed by atoms with van der Waals surface area (Å²) in [6.07, 6.45) is -0.617. The Morgan fingerprint density at radius 3 is 2.38 bits per heavy atom. The van der Waals surface area contributed by atoms with E-state index in [1.165, 1.54) is 0 Å². The van der Waals surface area contributed by atoms with Gasteiger partial charge in [-0.3, -0.25) is 10.1 Å². The maximum Gasteiger partial charge on any atom is 0.411 e. The van der Waals surface area contributed by atoms with Crippen molar-refractivity contribution >= 4 is 23.4 Å². The van der Waals surface area contributed by atoms with Crippen molar-refractivity contribution in [2.24, 2.45) is 0 Å². The molecular weight excluding hydrogens is 318 g/mol. The van der Waals surface area contributed by atoms with Gasteiger partial charge < -0.3 is 10.1 Å². The number of nitrogens with one attached hydrogen (secondary N) is 2. The summed E-state index contributed by atoms with van der Waals surface area (Å²) in [4.78, 5) is 23.6. The van der Waals surface area contributed by atoms with E-state index in [4.69, 9.17) is 4.74 Å². The van der Waals surface area contributed by atoms with Crippen molar-refractivity contribution in [3.05, 3.63) is 59.2 Å². The third-order valence-corrected chi connectivity index (χ3v) is 3.27. The molecule has 0 saturated carbocycles. The molecule has 2 aromatic carbocycles. The van der Waals surface area contributed by atoms with E-state index in [-0.39, 0.29) is 12.2 Å². The van der Waals surface area contributed by atoms with Gasteiger partial charge in [0.25, 0.3) is 5.91 Å². The molecule has 0 radical (unpaired) electrons. The number of hydrogen-bond donors (Lipinski definition) is 2.